The second-order valence-corrected chi connectivity index (χ2v) is 4.00. The summed E-state index contributed by atoms with van der Waals surface area (Å²) in [6.07, 6.45) is -3.88. The number of alkyl halides is 3. The quantitative estimate of drug-likeness (QED) is 0.784. The second-order valence-electron chi connectivity index (χ2n) is 4.00. The number of nitrogens with zero attached hydrogens (tertiary/aromatic N) is 3. The predicted molar refractivity (Wildman–Crippen MR) is 60.4 cm³/mol. The van der Waals surface area contributed by atoms with Gasteiger partial charge in [-0.25, -0.2) is 14.8 Å². The predicted octanol–water partition coefficient (Wildman–Crippen LogP) is 1.73. The van der Waals surface area contributed by atoms with Crippen LogP contribution in [0.2, 0.25) is 0 Å². The van der Waals surface area contributed by atoms with Crippen LogP contribution in [0.1, 0.15) is 28.8 Å². The summed E-state index contributed by atoms with van der Waals surface area (Å²) in [6.45, 7) is 1.63. The molecule has 1 aromatic rings. The van der Waals surface area contributed by atoms with E-state index < -0.39 is 23.4 Å². The molecule has 0 aromatic carbocycles. The van der Waals surface area contributed by atoms with Crippen LogP contribution in [0, 0.1) is 0 Å². The Morgan fingerprint density at radius 1 is 1.42 bits per heavy atom. The Morgan fingerprint density at radius 3 is 2.53 bits per heavy atom. The zero-order valence-corrected chi connectivity index (χ0v) is 10.8. The Morgan fingerprint density at radius 2 is 2.05 bits per heavy atom. The average molecular weight is 277 g/mol. The first kappa shape index (κ1) is 15.4. The number of halogens is 3. The lowest BCUT2D eigenvalue weighted by atomic mass is 10.2. The molecule has 1 aromatic heterocycles. The Bertz CT molecular complexity index is 461. The van der Waals surface area contributed by atoms with Crippen LogP contribution in [0.25, 0.3) is 0 Å². The third-order valence-corrected chi connectivity index (χ3v) is 2.06. The number of ether oxygens (including phenoxy) is 1. The van der Waals surface area contributed by atoms with Crippen LogP contribution in [0.4, 0.5) is 13.2 Å². The maximum atomic E-state index is 12.9. The molecule has 19 heavy (non-hydrogen) atoms. The zero-order chi connectivity index (χ0) is 14.6. The van der Waals surface area contributed by atoms with Crippen molar-refractivity contribution in [3.8, 4) is 0 Å². The van der Waals surface area contributed by atoms with E-state index in [0.29, 0.717) is 0 Å². The van der Waals surface area contributed by atoms with Crippen LogP contribution >= 0.6 is 0 Å². The molecule has 0 saturated heterocycles. The Hall–Kier alpha value is -1.70. The van der Waals surface area contributed by atoms with Gasteiger partial charge in [-0.1, -0.05) is 0 Å². The van der Waals surface area contributed by atoms with Gasteiger partial charge in [0.1, 0.15) is 11.4 Å². The fourth-order valence-corrected chi connectivity index (χ4v) is 1.35. The summed E-state index contributed by atoms with van der Waals surface area (Å²) in [6, 6.07) is 0. The summed E-state index contributed by atoms with van der Waals surface area (Å²) < 4.78 is 43.1. The minimum atomic E-state index is -4.73. The summed E-state index contributed by atoms with van der Waals surface area (Å²) in [5.41, 5.74) is -1.94. The van der Waals surface area contributed by atoms with Crippen LogP contribution in [-0.4, -0.2) is 41.5 Å². The van der Waals surface area contributed by atoms with Crippen molar-refractivity contribution in [3.05, 3.63) is 23.3 Å². The summed E-state index contributed by atoms with van der Waals surface area (Å²) >= 11 is 0. The molecule has 0 fully saturated rings. The van der Waals surface area contributed by atoms with Gasteiger partial charge in [-0.05, 0) is 21.0 Å². The van der Waals surface area contributed by atoms with E-state index in [4.69, 9.17) is 0 Å². The van der Waals surface area contributed by atoms with Crippen molar-refractivity contribution < 1.29 is 22.7 Å². The lowest BCUT2D eigenvalue weighted by Crippen LogP contribution is -2.21. The Labute approximate surface area is 108 Å². The minimum Gasteiger partial charge on any atom is -0.462 e. The molecule has 5 nitrogen and oxygen atoms in total. The van der Waals surface area contributed by atoms with E-state index in [1.54, 1.807) is 19.0 Å². The van der Waals surface area contributed by atoms with Crippen LogP contribution in [0.15, 0.2) is 6.20 Å². The molecule has 0 aliphatic heterocycles. The van der Waals surface area contributed by atoms with Crippen LogP contribution < -0.4 is 0 Å². The normalized spacial score (nSPS) is 11.7. The molecule has 0 unspecified atom stereocenters. The number of aromatic nitrogens is 2. The third-order valence-electron chi connectivity index (χ3n) is 2.06. The van der Waals surface area contributed by atoms with E-state index in [2.05, 4.69) is 14.7 Å². The molecule has 0 aliphatic rings. The Kier molecular flexibility index (Phi) is 4.82. The van der Waals surface area contributed by atoms with Gasteiger partial charge in [0.15, 0.2) is 5.69 Å². The molecule has 0 N–H and O–H groups in total. The van der Waals surface area contributed by atoms with E-state index in [9.17, 15) is 18.0 Å². The first-order chi connectivity index (χ1) is 8.75. The number of rotatable bonds is 4. The first-order valence-electron chi connectivity index (χ1n) is 5.50. The molecule has 0 amide bonds. The van der Waals surface area contributed by atoms with Crippen LogP contribution in [0.3, 0.4) is 0 Å². The van der Waals surface area contributed by atoms with Gasteiger partial charge in [0, 0.05) is 6.20 Å². The lowest BCUT2D eigenvalue weighted by Gasteiger charge is -2.13. The highest BCUT2D eigenvalue weighted by atomic mass is 19.4. The van der Waals surface area contributed by atoms with Crippen molar-refractivity contribution in [2.24, 2.45) is 0 Å². The highest BCUT2D eigenvalue weighted by Gasteiger charge is 2.38. The van der Waals surface area contributed by atoms with E-state index in [1.807, 2.05) is 0 Å². The molecule has 0 aliphatic carbocycles. The smallest absolute Gasteiger partial charge is 0.434 e. The fourth-order valence-electron chi connectivity index (χ4n) is 1.35. The minimum absolute atomic E-state index is 0.00891. The third kappa shape index (κ3) is 4.16. The largest absolute Gasteiger partial charge is 0.462 e. The van der Waals surface area contributed by atoms with Gasteiger partial charge in [-0.2, -0.15) is 13.2 Å². The summed E-state index contributed by atoms with van der Waals surface area (Å²) in [4.78, 5) is 20.2. The van der Waals surface area contributed by atoms with Crippen molar-refractivity contribution >= 4 is 5.97 Å². The van der Waals surface area contributed by atoms with Gasteiger partial charge in [-0.3, -0.25) is 0 Å². The molecule has 0 saturated carbocycles. The average Bonchev–Trinajstić information content (AvgIpc) is 2.27. The van der Waals surface area contributed by atoms with Gasteiger partial charge in [0.05, 0.1) is 13.2 Å². The first-order valence-corrected chi connectivity index (χ1v) is 5.50. The van der Waals surface area contributed by atoms with Crippen molar-refractivity contribution in [3.63, 3.8) is 0 Å². The maximum Gasteiger partial charge on any atom is 0.434 e. The van der Waals surface area contributed by atoms with Crippen molar-refractivity contribution in [2.75, 3.05) is 20.7 Å². The van der Waals surface area contributed by atoms with Gasteiger partial charge in [0.2, 0.25) is 0 Å². The molecule has 8 heteroatoms. The Balaban J connectivity index is 3.21. The zero-order valence-electron chi connectivity index (χ0n) is 10.8. The molecule has 1 heterocycles. The highest BCUT2D eigenvalue weighted by molar-refractivity contribution is 5.90. The summed E-state index contributed by atoms with van der Waals surface area (Å²) in [5.74, 6) is -1.09. The van der Waals surface area contributed by atoms with Gasteiger partial charge >= 0.3 is 12.1 Å². The molecule has 1 rings (SSSR count). The van der Waals surface area contributed by atoms with E-state index >= 15 is 0 Å². The van der Waals surface area contributed by atoms with Crippen LogP contribution in [-0.2, 0) is 17.5 Å². The SMILES string of the molecule is CCOC(=O)c1cnc(CN(C)C)nc1C(F)(F)F. The standard InChI is InChI=1S/C11H14F3N3O2/c1-4-19-10(18)7-5-15-8(6-17(2)3)16-9(7)11(12,13)14/h5H,4,6H2,1-3H3. The van der Waals surface area contributed by atoms with E-state index in [-0.39, 0.29) is 19.0 Å². The monoisotopic (exact) mass is 277 g/mol. The fraction of sp³-hybridized carbons (Fsp3) is 0.545. The van der Waals surface area contributed by atoms with Gasteiger partial charge < -0.3 is 9.64 Å². The number of hydrogen-bond acceptors (Lipinski definition) is 5. The van der Waals surface area contributed by atoms with Crippen molar-refractivity contribution in [1.82, 2.24) is 14.9 Å². The molecule has 0 atom stereocenters. The maximum absolute atomic E-state index is 12.9. The summed E-state index contributed by atoms with van der Waals surface area (Å²) in [5, 5.41) is 0. The lowest BCUT2D eigenvalue weighted by molar-refractivity contribution is -0.142. The van der Waals surface area contributed by atoms with Crippen LogP contribution in [0.5, 0.6) is 0 Å². The molecule has 106 valence electrons. The number of carbonyl (C=O) groups excluding carboxylic acids is 1. The molecule has 0 spiro atoms. The van der Waals surface area contributed by atoms with Crippen molar-refractivity contribution in [1.29, 1.82) is 0 Å². The molecular formula is C11H14F3N3O2. The number of esters is 1. The number of carbonyl (C=O) groups is 1. The molecule has 0 bridgehead atoms. The second kappa shape index (κ2) is 5.96. The van der Waals surface area contributed by atoms with Gasteiger partial charge in [0.25, 0.3) is 0 Å². The molecular weight excluding hydrogens is 263 g/mol. The van der Waals surface area contributed by atoms with E-state index in [0.717, 1.165) is 6.20 Å². The summed E-state index contributed by atoms with van der Waals surface area (Å²) in [7, 11) is 3.35. The highest BCUT2D eigenvalue weighted by Crippen LogP contribution is 2.30. The van der Waals surface area contributed by atoms with Crippen molar-refractivity contribution in [2.45, 2.75) is 19.6 Å². The number of hydrogen-bond donors (Lipinski definition) is 0. The van der Waals surface area contributed by atoms with E-state index in [1.165, 1.54) is 6.92 Å². The topological polar surface area (TPSA) is 55.3 Å². The van der Waals surface area contributed by atoms with Gasteiger partial charge in [-0.15, -0.1) is 0 Å². The molecule has 0 radical (unpaired) electrons.